The molecule has 2 aromatic rings. The van der Waals surface area contributed by atoms with E-state index in [-0.39, 0.29) is 18.4 Å². The lowest BCUT2D eigenvalue weighted by atomic mass is 10.2. The van der Waals surface area contributed by atoms with Crippen LogP contribution in [0.25, 0.3) is 0 Å². The Morgan fingerprint density at radius 2 is 2.00 bits per heavy atom. The van der Waals surface area contributed by atoms with Gasteiger partial charge >= 0.3 is 0 Å². The Hall–Kier alpha value is -2.56. The first-order valence-electron chi connectivity index (χ1n) is 6.40. The third-order valence-electron chi connectivity index (χ3n) is 2.91. The Labute approximate surface area is 116 Å². The molecule has 102 valence electrons. The number of hydrogen-bond acceptors (Lipinski definition) is 4. The van der Waals surface area contributed by atoms with E-state index in [4.69, 9.17) is 9.47 Å². The number of carbonyl (C=O) groups is 1. The molecule has 1 aliphatic rings. The van der Waals surface area contributed by atoms with Gasteiger partial charge < -0.3 is 14.8 Å². The van der Waals surface area contributed by atoms with Crippen LogP contribution < -0.4 is 14.8 Å². The Kier molecular flexibility index (Phi) is 3.50. The quantitative estimate of drug-likeness (QED) is 0.929. The predicted octanol–water partition coefficient (Wildman–Crippen LogP) is 2.25. The van der Waals surface area contributed by atoms with Gasteiger partial charge in [-0.25, -0.2) is 4.98 Å². The van der Waals surface area contributed by atoms with Crippen LogP contribution in [0.1, 0.15) is 6.42 Å². The maximum absolute atomic E-state index is 11.9. The second-order valence-corrected chi connectivity index (χ2v) is 4.46. The molecule has 3 rings (SSSR count). The number of amides is 1. The molecule has 1 N–H and O–H groups in total. The monoisotopic (exact) mass is 270 g/mol. The lowest BCUT2D eigenvalue weighted by Gasteiger charge is -2.25. The van der Waals surface area contributed by atoms with Gasteiger partial charge in [0, 0.05) is 6.20 Å². The van der Waals surface area contributed by atoms with E-state index in [1.165, 1.54) is 0 Å². The van der Waals surface area contributed by atoms with Crippen molar-refractivity contribution in [3.63, 3.8) is 0 Å². The van der Waals surface area contributed by atoms with Crippen molar-refractivity contribution in [2.75, 3.05) is 11.9 Å². The summed E-state index contributed by atoms with van der Waals surface area (Å²) in [7, 11) is 0. The van der Waals surface area contributed by atoms with Gasteiger partial charge in [0.05, 0.1) is 6.42 Å². The molecule has 0 bridgehead atoms. The van der Waals surface area contributed by atoms with Gasteiger partial charge in [-0.1, -0.05) is 18.2 Å². The van der Waals surface area contributed by atoms with Gasteiger partial charge in [-0.05, 0) is 24.3 Å². The van der Waals surface area contributed by atoms with Gasteiger partial charge in [0.15, 0.2) is 11.5 Å². The lowest BCUT2D eigenvalue weighted by Crippen LogP contribution is -2.33. The number of ether oxygens (including phenoxy) is 2. The van der Waals surface area contributed by atoms with Gasteiger partial charge in [0.25, 0.3) is 0 Å². The molecule has 0 saturated carbocycles. The fourth-order valence-electron chi connectivity index (χ4n) is 2.00. The molecule has 1 aliphatic heterocycles. The lowest BCUT2D eigenvalue weighted by molar-refractivity contribution is -0.118. The molecule has 1 aromatic carbocycles. The summed E-state index contributed by atoms with van der Waals surface area (Å²) in [6, 6.07) is 12.8. The largest absolute Gasteiger partial charge is 0.486 e. The number of para-hydroxylation sites is 2. The molecule has 5 nitrogen and oxygen atoms in total. The molecule has 0 aliphatic carbocycles. The molecule has 1 aromatic heterocycles. The van der Waals surface area contributed by atoms with Crippen molar-refractivity contribution in [2.45, 2.75) is 12.5 Å². The SMILES string of the molecule is O=C(C[C@@H]1COc2ccccc2O1)Nc1ccccn1. The van der Waals surface area contributed by atoms with Crippen LogP contribution >= 0.6 is 0 Å². The van der Waals surface area contributed by atoms with Crippen molar-refractivity contribution in [3.8, 4) is 11.5 Å². The molecular weight excluding hydrogens is 256 g/mol. The van der Waals surface area contributed by atoms with E-state index in [2.05, 4.69) is 10.3 Å². The van der Waals surface area contributed by atoms with E-state index in [1.807, 2.05) is 30.3 Å². The Morgan fingerprint density at radius 3 is 2.80 bits per heavy atom. The van der Waals surface area contributed by atoms with Crippen LogP contribution in [-0.2, 0) is 4.79 Å². The van der Waals surface area contributed by atoms with Crippen molar-refractivity contribution >= 4 is 11.7 Å². The summed E-state index contributed by atoms with van der Waals surface area (Å²) in [5.41, 5.74) is 0. The number of pyridine rings is 1. The Bertz CT molecular complexity index is 601. The summed E-state index contributed by atoms with van der Waals surface area (Å²) < 4.78 is 11.3. The van der Waals surface area contributed by atoms with Gasteiger partial charge in [0.2, 0.25) is 5.91 Å². The number of rotatable bonds is 3. The van der Waals surface area contributed by atoms with Crippen LogP contribution in [0.4, 0.5) is 5.82 Å². The summed E-state index contributed by atoms with van der Waals surface area (Å²) in [4.78, 5) is 15.9. The Morgan fingerprint density at radius 1 is 1.20 bits per heavy atom. The fraction of sp³-hybridized carbons (Fsp3) is 0.200. The highest BCUT2D eigenvalue weighted by Gasteiger charge is 2.23. The number of nitrogens with one attached hydrogen (secondary N) is 1. The number of benzene rings is 1. The maximum Gasteiger partial charge on any atom is 0.229 e. The van der Waals surface area contributed by atoms with Gasteiger partial charge in [-0.15, -0.1) is 0 Å². The third kappa shape index (κ3) is 2.88. The molecule has 1 amide bonds. The van der Waals surface area contributed by atoms with E-state index in [0.29, 0.717) is 23.9 Å². The number of carbonyl (C=O) groups excluding carboxylic acids is 1. The van der Waals surface area contributed by atoms with Crippen LogP contribution in [0.3, 0.4) is 0 Å². The average Bonchev–Trinajstić information content (AvgIpc) is 2.48. The van der Waals surface area contributed by atoms with Crippen molar-refractivity contribution in [3.05, 3.63) is 48.7 Å². The number of nitrogens with zero attached hydrogens (tertiary/aromatic N) is 1. The van der Waals surface area contributed by atoms with Crippen molar-refractivity contribution in [1.29, 1.82) is 0 Å². The molecule has 0 unspecified atom stereocenters. The number of hydrogen-bond donors (Lipinski definition) is 1. The van der Waals surface area contributed by atoms with E-state index in [9.17, 15) is 4.79 Å². The molecule has 20 heavy (non-hydrogen) atoms. The molecule has 0 radical (unpaired) electrons. The van der Waals surface area contributed by atoms with Crippen LogP contribution in [0.2, 0.25) is 0 Å². The number of fused-ring (bicyclic) bond motifs is 1. The first kappa shape index (κ1) is 12.5. The van der Waals surface area contributed by atoms with E-state index >= 15 is 0 Å². The standard InChI is InChI=1S/C15H14N2O3/c18-15(17-14-7-3-4-8-16-14)9-11-10-19-12-5-1-2-6-13(12)20-11/h1-8,11H,9-10H2,(H,16,17,18)/t11-/m1/s1. The first-order chi connectivity index (χ1) is 9.81. The molecule has 1 atom stereocenters. The molecular formula is C15H14N2O3. The smallest absolute Gasteiger partial charge is 0.229 e. The van der Waals surface area contributed by atoms with E-state index in [1.54, 1.807) is 18.3 Å². The average molecular weight is 270 g/mol. The highest BCUT2D eigenvalue weighted by Crippen LogP contribution is 2.31. The van der Waals surface area contributed by atoms with Crippen molar-refractivity contribution < 1.29 is 14.3 Å². The summed E-state index contributed by atoms with van der Waals surface area (Å²) in [6.45, 7) is 0.368. The zero-order chi connectivity index (χ0) is 13.8. The molecule has 0 saturated heterocycles. The van der Waals surface area contributed by atoms with Gasteiger partial charge in [-0.2, -0.15) is 0 Å². The van der Waals surface area contributed by atoms with Gasteiger partial charge in [0.1, 0.15) is 18.5 Å². The predicted molar refractivity (Wildman–Crippen MR) is 73.8 cm³/mol. The minimum Gasteiger partial charge on any atom is -0.486 e. The highest BCUT2D eigenvalue weighted by molar-refractivity contribution is 5.90. The molecule has 0 spiro atoms. The van der Waals surface area contributed by atoms with Crippen molar-refractivity contribution in [2.24, 2.45) is 0 Å². The zero-order valence-corrected chi connectivity index (χ0v) is 10.8. The zero-order valence-electron chi connectivity index (χ0n) is 10.8. The number of aromatic nitrogens is 1. The topological polar surface area (TPSA) is 60.5 Å². The third-order valence-corrected chi connectivity index (χ3v) is 2.91. The highest BCUT2D eigenvalue weighted by atomic mass is 16.6. The summed E-state index contributed by atoms with van der Waals surface area (Å²) in [5.74, 6) is 1.79. The van der Waals surface area contributed by atoms with E-state index < -0.39 is 0 Å². The first-order valence-corrected chi connectivity index (χ1v) is 6.40. The van der Waals surface area contributed by atoms with Crippen LogP contribution in [0, 0.1) is 0 Å². The Balaban J connectivity index is 1.58. The summed E-state index contributed by atoms with van der Waals surface area (Å²) >= 11 is 0. The minimum atomic E-state index is -0.284. The second kappa shape index (κ2) is 5.61. The van der Waals surface area contributed by atoms with Crippen LogP contribution in [0.5, 0.6) is 11.5 Å². The molecule has 2 heterocycles. The molecule has 0 fully saturated rings. The van der Waals surface area contributed by atoms with Crippen LogP contribution in [0.15, 0.2) is 48.7 Å². The normalized spacial score (nSPS) is 16.5. The summed E-state index contributed by atoms with van der Waals surface area (Å²) in [6.07, 6.45) is 1.57. The van der Waals surface area contributed by atoms with E-state index in [0.717, 1.165) is 0 Å². The fourth-order valence-corrected chi connectivity index (χ4v) is 2.00. The maximum atomic E-state index is 11.9. The summed E-state index contributed by atoms with van der Waals surface area (Å²) in [5, 5.41) is 2.73. The second-order valence-electron chi connectivity index (χ2n) is 4.46. The van der Waals surface area contributed by atoms with Gasteiger partial charge in [-0.3, -0.25) is 4.79 Å². The minimum absolute atomic E-state index is 0.142. The van der Waals surface area contributed by atoms with Crippen molar-refractivity contribution in [1.82, 2.24) is 4.98 Å². The number of anilines is 1. The van der Waals surface area contributed by atoms with Crippen LogP contribution in [-0.4, -0.2) is 23.6 Å². The molecule has 5 heteroatoms.